The number of amides is 1. The number of furan rings is 2. The highest BCUT2D eigenvalue weighted by atomic mass is 79.9. The van der Waals surface area contributed by atoms with Crippen molar-refractivity contribution in [2.24, 2.45) is 0 Å². The fraction of sp³-hybridized carbons (Fsp3) is 0.308. The minimum atomic E-state index is -0.181. The molecule has 6 heteroatoms. The van der Waals surface area contributed by atoms with Crippen LogP contribution in [-0.2, 0) is 0 Å². The molecule has 0 aliphatic carbocycles. The third kappa shape index (κ3) is 3.27. The molecular formula is C13H15BrN2O3. The highest BCUT2D eigenvalue weighted by Gasteiger charge is 2.19. The lowest BCUT2D eigenvalue weighted by Gasteiger charge is -2.22. The van der Waals surface area contributed by atoms with Crippen molar-refractivity contribution in [2.75, 3.05) is 20.6 Å². The molecule has 1 N–H and O–H groups in total. The molecule has 2 rings (SSSR count). The van der Waals surface area contributed by atoms with Gasteiger partial charge in [-0.05, 0) is 48.2 Å². The van der Waals surface area contributed by atoms with Gasteiger partial charge >= 0.3 is 0 Å². The predicted octanol–water partition coefficient (Wildman–Crippen LogP) is 2.67. The van der Waals surface area contributed by atoms with Gasteiger partial charge in [0.15, 0.2) is 4.67 Å². The Morgan fingerprint density at radius 3 is 2.68 bits per heavy atom. The number of hydrogen-bond donors (Lipinski definition) is 1. The third-order valence-electron chi connectivity index (χ3n) is 2.81. The number of carbonyl (C=O) groups is 1. The SMILES string of the molecule is CN(C)C(CNC(=O)c1ccoc1Br)c1ccco1. The molecule has 0 saturated heterocycles. The number of halogens is 1. The molecule has 1 atom stereocenters. The minimum Gasteiger partial charge on any atom is -0.468 e. The lowest BCUT2D eigenvalue weighted by molar-refractivity contribution is 0.0937. The van der Waals surface area contributed by atoms with Gasteiger partial charge in [-0.25, -0.2) is 0 Å². The molecule has 1 unspecified atom stereocenters. The Balaban J connectivity index is 2.00. The van der Waals surface area contributed by atoms with Crippen LogP contribution in [0.5, 0.6) is 0 Å². The lowest BCUT2D eigenvalue weighted by Crippen LogP contribution is -2.34. The number of nitrogens with zero attached hydrogens (tertiary/aromatic N) is 1. The van der Waals surface area contributed by atoms with E-state index in [0.29, 0.717) is 16.8 Å². The quantitative estimate of drug-likeness (QED) is 0.917. The first-order chi connectivity index (χ1) is 9.09. The Bertz CT molecular complexity index is 534. The summed E-state index contributed by atoms with van der Waals surface area (Å²) in [5.74, 6) is 0.635. The molecule has 0 spiro atoms. The molecule has 1 amide bonds. The third-order valence-corrected chi connectivity index (χ3v) is 3.43. The van der Waals surface area contributed by atoms with Crippen molar-refractivity contribution in [3.05, 3.63) is 46.7 Å². The molecule has 0 radical (unpaired) electrons. The topological polar surface area (TPSA) is 58.6 Å². The second-order valence-corrected chi connectivity index (χ2v) is 5.03. The second-order valence-electron chi connectivity index (χ2n) is 4.31. The standard InChI is InChI=1S/C13H15BrN2O3/c1-16(2)10(11-4-3-6-18-11)8-15-13(17)9-5-7-19-12(9)14/h3-7,10H,8H2,1-2H3,(H,15,17). The lowest BCUT2D eigenvalue weighted by atomic mass is 10.2. The van der Waals surface area contributed by atoms with Gasteiger partial charge in [0.25, 0.3) is 5.91 Å². The number of rotatable bonds is 5. The monoisotopic (exact) mass is 326 g/mol. The van der Waals surface area contributed by atoms with Crippen LogP contribution in [0.25, 0.3) is 0 Å². The van der Waals surface area contributed by atoms with Gasteiger partial charge in [0.05, 0.1) is 24.1 Å². The van der Waals surface area contributed by atoms with E-state index in [-0.39, 0.29) is 11.9 Å². The molecule has 2 aromatic rings. The van der Waals surface area contributed by atoms with Gasteiger partial charge in [0.2, 0.25) is 0 Å². The number of likely N-dealkylation sites (N-methyl/N-ethyl adjacent to an activating group) is 1. The Morgan fingerprint density at radius 2 is 2.16 bits per heavy atom. The Kier molecular flexibility index (Phi) is 4.44. The summed E-state index contributed by atoms with van der Waals surface area (Å²) in [7, 11) is 3.88. The average Bonchev–Trinajstić information content (AvgIpc) is 3.00. The number of hydrogen-bond acceptors (Lipinski definition) is 4. The van der Waals surface area contributed by atoms with Gasteiger partial charge in [0.1, 0.15) is 5.76 Å². The molecule has 2 aromatic heterocycles. The average molecular weight is 327 g/mol. The fourth-order valence-electron chi connectivity index (χ4n) is 1.76. The van der Waals surface area contributed by atoms with Crippen LogP contribution >= 0.6 is 15.9 Å². The van der Waals surface area contributed by atoms with Crippen LogP contribution in [-0.4, -0.2) is 31.4 Å². The molecule has 0 saturated carbocycles. The van der Waals surface area contributed by atoms with Gasteiger partial charge in [-0.3, -0.25) is 9.69 Å². The normalized spacial score (nSPS) is 12.6. The summed E-state index contributed by atoms with van der Waals surface area (Å²) >= 11 is 3.19. The first kappa shape index (κ1) is 13.9. The van der Waals surface area contributed by atoms with Crippen LogP contribution in [0.3, 0.4) is 0 Å². The summed E-state index contributed by atoms with van der Waals surface area (Å²) < 4.78 is 10.9. The maximum Gasteiger partial charge on any atom is 0.255 e. The van der Waals surface area contributed by atoms with Crippen molar-refractivity contribution < 1.29 is 13.6 Å². The predicted molar refractivity (Wildman–Crippen MR) is 73.9 cm³/mol. The highest BCUT2D eigenvalue weighted by molar-refractivity contribution is 9.10. The largest absolute Gasteiger partial charge is 0.468 e. The van der Waals surface area contributed by atoms with Crippen LogP contribution in [0, 0.1) is 0 Å². The molecule has 0 aliphatic heterocycles. The maximum atomic E-state index is 12.0. The highest BCUT2D eigenvalue weighted by Crippen LogP contribution is 2.19. The van der Waals surface area contributed by atoms with E-state index in [1.165, 1.54) is 6.26 Å². The molecule has 19 heavy (non-hydrogen) atoms. The fourth-order valence-corrected chi connectivity index (χ4v) is 2.18. The Morgan fingerprint density at radius 1 is 1.37 bits per heavy atom. The molecule has 0 aromatic carbocycles. The zero-order valence-electron chi connectivity index (χ0n) is 10.7. The molecule has 0 aliphatic rings. The summed E-state index contributed by atoms with van der Waals surface area (Å²) in [4.78, 5) is 14.0. The first-order valence-electron chi connectivity index (χ1n) is 5.80. The van der Waals surface area contributed by atoms with Crippen LogP contribution in [0.4, 0.5) is 0 Å². The van der Waals surface area contributed by atoms with Gasteiger partial charge in [0, 0.05) is 6.54 Å². The molecule has 5 nitrogen and oxygen atoms in total. The van der Waals surface area contributed by atoms with E-state index >= 15 is 0 Å². The molecule has 102 valence electrons. The van der Waals surface area contributed by atoms with Crippen LogP contribution in [0.1, 0.15) is 22.2 Å². The van der Waals surface area contributed by atoms with E-state index in [1.807, 2.05) is 31.1 Å². The summed E-state index contributed by atoms with van der Waals surface area (Å²) in [5.41, 5.74) is 0.483. The van der Waals surface area contributed by atoms with Crippen molar-refractivity contribution in [1.29, 1.82) is 0 Å². The van der Waals surface area contributed by atoms with Crippen molar-refractivity contribution >= 4 is 21.8 Å². The van der Waals surface area contributed by atoms with Gasteiger partial charge < -0.3 is 14.2 Å². The number of carbonyl (C=O) groups excluding carboxylic acids is 1. The summed E-state index contributed by atoms with van der Waals surface area (Å²) in [6, 6.07) is 5.34. The zero-order valence-corrected chi connectivity index (χ0v) is 12.3. The summed E-state index contributed by atoms with van der Waals surface area (Å²) in [6.45, 7) is 0.455. The van der Waals surface area contributed by atoms with Crippen molar-refractivity contribution in [1.82, 2.24) is 10.2 Å². The first-order valence-corrected chi connectivity index (χ1v) is 6.60. The van der Waals surface area contributed by atoms with E-state index in [0.717, 1.165) is 5.76 Å². The van der Waals surface area contributed by atoms with Gasteiger partial charge in [-0.1, -0.05) is 0 Å². The van der Waals surface area contributed by atoms with Crippen LogP contribution in [0.15, 0.2) is 44.2 Å². The van der Waals surface area contributed by atoms with Crippen molar-refractivity contribution in [2.45, 2.75) is 6.04 Å². The van der Waals surface area contributed by atoms with Crippen molar-refractivity contribution in [3.8, 4) is 0 Å². The van der Waals surface area contributed by atoms with E-state index in [4.69, 9.17) is 8.83 Å². The van der Waals surface area contributed by atoms with Gasteiger partial charge in [-0.2, -0.15) is 0 Å². The number of nitrogens with one attached hydrogen (secondary N) is 1. The van der Waals surface area contributed by atoms with E-state index in [9.17, 15) is 4.79 Å². The van der Waals surface area contributed by atoms with Gasteiger partial charge in [-0.15, -0.1) is 0 Å². The molecule has 2 heterocycles. The minimum absolute atomic E-state index is 0.00961. The van der Waals surface area contributed by atoms with E-state index in [1.54, 1.807) is 12.3 Å². The van der Waals surface area contributed by atoms with Crippen molar-refractivity contribution in [3.63, 3.8) is 0 Å². The van der Waals surface area contributed by atoms with Crippen LogP contribution in [0.2, 0.25) is 0 Å². The van der Waals surface area contributed by atoms with E-state index < -0.39 is 0 Å². The maximum absolute atomic E-state index is 12.0. The Labute approximate surface area is 119 Å². The second kappa shape index (κ2) is 6.08. The smallest absolute Gasteiger partial charge is 0.255 e. The molecule has 0 fully saturated rings. The Hall–Kier alpha value is -1.53. The molecule has 0 bridgehead atoms. The summed E-state index contributed by atoms with van der Waals surface area (Å²) in [5, 5.41) is 2.86. The van der Waals surface area contributed by atoms with E-state index in [2.05, 4.69) is 21.2 Å². The van der Waals surface area contributed by atoms with Crippen LogP contribution < -0.4 is 5.32 Å². The zero-order chi connectivity index (χ0) is 13.8. The summed E-state index contributed by atoms with van der Waals surface area (Å²) in [6.07, 6.45) is 3.09. The molecular weight excluding hydrogens is 312 g/mol.